The molecule has 0 spiro atoms. The van der Waals surface area contributed by atoms with Crippen molar-refractivity contribution in [3.05, 3.63) is 59.6 Å². The van der Waals surface area contributed by atoms with Crippen molar-refractivity contribution in [2.75, 3.05) is 6.54 Å². The summed E-state index contributed by atoms with van der Waals surface area (Å²) >= 11 is 0. The second kappa shape index (κ2) is 5.10. The molecule has 90 valence electrons. The van der Waals surface area contributed by atoms with Gasteiger partial charge in [0.15, 0.2) is 0 Å². The van der Waals surface area contributed by atoms with Crippen molar-refractivity contribution >= 4 is 0 Å². The molecule has 1 aromatic heterocycles. The Labute approximate surface area is 98.3 Å². The van der Waals surface area contributed by atoms with Crippen molar-refractivity contribution < 1.29 is 13.2 Å². The van der Waals surface area contributed by atoms with E-state index in [1.165, 1.54) is 18.6 Å². The Bertz CT molecular complexity index is 482. The summed E-state index contributed by atoms with van der Waals surface area (Å²) < 4.78 is 31.8. The lowest BCUT2D eigenvalue weighted by Gasteiger charge is -2.17. The molecule has 2 nitrogen and oxygen atoms in total. The average molecular weight is 237 g/mol. The third-order valence-electron chi connectivity index (χ3n) is 2.55. The molecule has 17 heavy (non-hydrogen) atoms. The van der Waals surface area contributed by atoms with Crippen LogP contribution in [0.5, 0.6) is 0 Å². The largest absolute Gasteiger partial charge is 0.472 e. The standard InChI is InChI=1S/C13H13F2NO/c1-2-16-13(9-5-6-17-8-9)11-7-10(14)3-4-12(11)15/h3-8,13,16H,2H2,1H3. The van der Waals surface area contributed by atoms with E-state index in [4.69, 9.17) is 4.42 Å². The van der Waals surface area contributed by atoms with Crippen LogP contribution in [0.4, 0.5) is 8.78 Å². The van der Waals surface area contributed by atoms with Crippen LogP contribution < -0.4 is 5.32 Å². The number of hydrogen-bond donors (Lipinski definition) is 1. The summed E-state index contributed by atoms with van der Waals surface area (Å²) in [6, 6.07) is 4.79. The van der Waals surface area contributed by atoms with Gasteiger partial charge in [-0.15, -0.1) is 0 Å². The number of benzene rings is 1. The molecule has 0 aliphatic carbocycles. The van der Waals surface area contributed by atoms with Gasteiger partial charge in [0.25, 0.3) is 0 Å². The van der Waals surface area contributed by atoms with Crippen LogP contribution in [0.15, 0.2) is 41.2 Å². The third kappa shape index (κ3) is 2.53. The molecule has 1 atom stereocenters. The molecule has 0 amide bonds. The highest BCUT2D eigenvalue weighted by molar-refractivity contribution is 5.31. The Morgan fingerprint density at radius 2 is 2.12 bits per heavy atom. The van der Waals surface area contributed by atoms with Crippen molar-refractivity contribution in [2.45, 2.75) is 13.0 Å². The molecule has 2 aromatic rings. The lowest BCUT2D eigenvalue weighted by atomic mass is 10.0. The highest BCUT2D eigenvalue weighted by Crippen LogP contribution is 2.25. The summed E-state index contributed by atoms with van der Waals surface area (Å²) in [7, 11) is 0. The summed E-state index contributed by atoms with van der Waals surface area (Å²) in [5, 5.41) is 3.10. The first-order chi connectivity index (χ1) is 8.22. The summed E-state index contributed by atoms with van der Waals surface area (Å²) in [5.74, 6) is -0.883. The molecule has 0 aliphatic heterocycles. The van der Waals surface area contributed by atoms with Crippen molar-refractivity contribution in [1.82, 2.24) is 5.32 Å². The molecule has 0 saturated carbocycles. The van der Waals surface area contributed by atoms with Crippen molar-refractivity contribution in [2.24, 2.45) is 0 Å². The number of halogens is 2. The zero-order valence-corrected chi connectivity index (χ0v) is 9.41. The zero-order valence-electron chi connectivity index (χ0n) is 9.41. The molecule has 1 unspecified atom stereocenters. The fraction of sp³-hybridized carbons (Fsp3) is 0.231. The van der Waals surface area contributed by atoms with Gasteiger partial charge in [-0.05, 0) is 30.8 Å². The lowest BCUT2D eigenvalue weighted by molar-refractivity contribution is 0.531. The van der Waals surface area contributed by atoms with Crippen LogP contribution in [0.2, 0.25) is 0 Å². The summed E-state index contributed by atoms with van der Waals surface area (Å²) in [6.45, 7) is 2.55. The Balaban J connectivity index is 2.42. The molecule has 2 rings (SSSR count). The van der Waals surface area contributed by atoms with Gasteiger partial charge in [0.05, 0.1) is 18.6 Å². The molecule has 1 aromatic carbocycles. The Kier molecular flexibility index (Phi) is 3.54. The Morgan fingerprint density at radius 1 is 1.29 bits per heavy atom. The molecular formula is C13H13F2NO. The van der Waals surface area contributed by atoms with Gasteiger partial charge >= 0.3 is 0 Å². The minimum atomic E-state index is -0.451. The smallest absolute Gasteiger partial charge is 0.128 e. The van der Waals surface area contributed by atoms with E-state index in [2.05, 4.69) is 5.32 Å². The summed E-state index contributed by atoms with van der Waals surface area (Å²) in [4.78, 5) is 0. The fourth-order valence-corrected chi connectivity index (χ4v) is 1.79. The molecule has 0 saturated heterocycles. The highest BCUT2D eigenvalue weighted by atomic mass is 19.1. The van der Waals surface area contributed by atoms with Gasteiger partial charge in [-0.2, -0.15) is 0 Å². The van der Waals surface area contributed by atoms with Crippen LogP contribution in [-0.4, -0.2) is 6.54 Å². The van der Waals surface area contributed by atoms with E-state index in [1.807, 2.05) is 6.92 Å². The molecule has 1 N–H and O–H groups in total. The van der Waals surface area contributed by atoms with Crippen LogP contribution in [0.3, 0.4) is 0 Å². The van der Waals surface area contributed by atoms with E-state index in [1.54, 1.807) is 6.07 Å². The summed E-state index contributed by atoms with van der Waals surface area (Å²) in [6.07, 6.45) is 3.04. The minimum Gasteiger partial charge on any atom is -0.472 e. The normalized spacial score (nSPS) is 12.6. The molecular weight excluding hydrogens is 224 g/mol. The molecule has 0 bridgehead atoms. The lowest BCUT2D eigenvalue weighted by Crippen LogP contribution is -2.22. The van der Waals surface area contributed by atoms with E-state index in [-0.39, 0.29) is 5.56 Å². The number of hydrogen-bond acceptors (Lipinski definition) is 2. The third-order valence-corrected chi connectivity index (χ3v) is 2.55. The summed E-state index contributed by atoms with van der Waals surface area (Å²) in [5.41, 5.74) is 1.06. The van der Waals surface area contributed by atoms with Gasteiger partial charge in [0.2, 0.25) is 0 Å². The molecule has 1 heterocycles. The number of furan rings is 1. The van der Waals surface area contributed by atoms with Crippen LogP contribution in [0, 0.1) is 11.6 Å². The monoisotopic (exact) mass is 237 g/mol. The second-order valence-electron chi connectivity index (χ2n) is 3.71. The average Bonchev–Trinajstić information content (AvgIpc) is 2.83. The van der Waals surface area contributed by atoms with E-state index < -0.39 is 17.7 Å². The maximum atomic E-state index is 13.7. The number of nitrogens with one attached hydrogen (secondary N) is 1. The van der Waals surface area contributed by atoms with Gasteiger partial charge in [0.1, 0.15) is 11.6 Å². The zero-order chi connectivity index (χ0) is 12.3. The van der Waals surface area contributed by atoms with Crippen LogP contribution in [0.1, 0.15) is 24.1 Å². The first kappa shape index (κ1) is 11.8. The van der Waals surface area contributed by atoms with E-state index in [0.29, 0.717) is 6.54 Å². The maximum absolute atomic E-state index is 13.7. The van der Waals surface area contributed by atoms with Gasteiger partial charge in [-0.1, -0.05) is 6.92 Å². The predicted molar refractivity (Wildman–Crippen MR) is 60.6 cm³/mol. The van der Waals surface area contributed by atoms with Gasteiger partial charge < -0.3 is 9.73 Å². The molecule has 4 heteroatoms. The maximum Gasteiger partial charge on any atom is 0.128 e. The van der Waals surface area contributed by atoms with Crippen molar-refractivity contribution in [3.8, 4) is 0 Å². The van der Waals surface area contributed by atoms with Crippen LogP contribution in [0.25, 0.3) is 0 Å². The Morgan fingerprint density at radius 3 is 2.76 bits per heavy atom. The second-order valence-corrected chi connectivity index (χ2v) is 3.71. The van der Waals surface area contributed by atoms with E-state index in [0.717, 1.165) is 17.7 Å². The topological polar surface area (TPSA) is 25.2 Å². The van der Waals surface area contributed by atoms with Gasteiger partial charge in [0, 0.05) is 11.1 Å². The van der Waals surface area contributed by atoms with Crippen molar-refractivity contribution in [3.63, 3.8) is 0 Å². The minimum absolute atomic E-state index is 0.285. The van der Waals surface area contributed by atoms with Crippen molar-refractivity contribution in [1.29, 1.82) is 0 Å². The molecule has 0 radical (unpaired) electrons. The quantitative estimate of drug-likeness (QED) is 0.883. The SMILES string of the molecule is CCNC(c1ccoc1)c1cc(F)ccc1F. The van der Waals surface area contributed by atoms with E-state index >= 15 is 0 Å². The first-order valence-corrected chi connectivity index (χ1v) is 5.42. The molecule has 0 aliphatic rings. The first-order valence-electron chi connectivity index (χ1n) is 5.42. The predicted octanol–water partition coefficient (Wildman–Crippen LogP) is 3.26. The van der Waals surface area contributed by atoms with Crippen LogP contribution >= 0.6 is 0 Å². The Hall–Kier alpha value is -1.68. The molecule has 0 fully saturated rings. The van der Waals surface area contributed by atoms with Gasteiger partial charge in [-0.25, -0.2) is 8.78 Å². The van der Waals surface area contributed by atoms with Crippen LogP contribution in [-0.2, 0) is 0 Å². The highest BCUT2D eigenvalue weighted by Gasteiger charge is 2.18. The fourth-order valence-electron chi connectivity index (χ4n) is 1.79. The van der Waals surface area contributed by atoms with Gasteiger partial charge in [-0.3, -0.25) is 0 Å². The van der Waals surface area contributed by atoms with E-state index in [9.17, 15) is 8.78 Å². The number of rotatable bonds is 4.